The Morgan fingerprint density at radius 1 is 0.926 bits per heavy atom. The molecule has 0 saturated heterocycles. The van der Waals surface area contributed by atoms with Crippen LogP contribution in [-0.4, -0.2) is 4.98 Å². The Kier molecular flexibility index (Phi) is 7.45. The van der Waals surface area contributed by atoms with Crippen molar-refractivity contribution in [1.29, 1.82) is 5.26 Å². The summed E-state index contributed by atoms with van der Waals surface area (Å²) in [6, 6.07) is 14.1. The Balaban J connectivity index is 1.43. The summed E-state index contributed by atoms with van der Waals surface area (Å²) in [6.45, 7) is 2.29. The van der Waals surface area contributed by atoms with E-state index in [9.17, 15) is 0 Å². The molecule has 1 saturated carbocycles. The van der Waals surface area contributed by atoms with Crippen molar-refractivity contribution in [3.05, 3.63) is 53.7 Å². The first kappa shape index (κ1) is 19.6. The first-order valence-corrected chi connectivity index (χ1v) is 10.7. The van der Waals surface area contributed by atoms with E-state index in [1.54, 1.807) is 0 Å². The molecule has 0 atom stereocenters. The number of rotatable bonds is 8. The van der Waals surface area contributed by atoms with Gasteiger partial charge in [0, 0.05) is 11.8 Å². The van der Waals surface area contributed by atoms with Crippen LogP contribution in [0, 0.1) is 23.2 Å². The first-order valence-electron chi connectivity index (χ1n) is 10.7. The van der Waals surface area contributed by atoms with Gasteiger partial charge >= 0.3 is 0 Å². The van der Waals surface area contributed by atoms with E-state index in [1.807, 2.05) is 30.5 Å². The lowest BCUT2D eigenvalue weighted by molar-refractivity contribution is 0.249. The Morgan fingerprint density at radius 3 is 2.22 bits per heavy atom. The molecule has 0 aliphatic heterocycles. The monoisotopic (exact) mass is 360 g/mol. The third-order valence-corrected chi connectivity index (χ3v) is 6.16. The summed E-state index contributed by atoms with van der Waals surface area (Å²) in [5.41, 5.74) is 4.09. The number of nitrogens with zero attached hydrogens (tertiary/aromatic N) is 2. The zero-order valence-electron chi connectivity index (χ0n) is 16.7. The molecule has 0 spiro atoms. The second kappa shape index (κ2) is 10.3. The van der Waals surface area contributed by atoms with Crippen LogP contribution in [0.2, 0.25) is 0 Å². The van der Waals surface area contributed by atoms with Crippen molar-refractivity contribution in [3.8, 4) is 17.3 Å². The summed E-state index contributed by atoms with van der Waals surface area (Å²) in [4.78, 5) is 4.64. The molecular weight excluding hydrogens is 328 g/mol. The zero-order chi connectivity index (χ0) is 18.9. The lowest BCUT2D eigenvalue weighted by Gasteiger charge is -2.28. The average molecular weight is 361 g/mol. The van der Waals surface area contributed by atoms with E-state index >= 15 is 0 Å². The summed E-state index contributed by atoms with van der Waals surface area (Å²) in [6.07, 6.45) is 15.9. The highest BCUT2D eigenvalue weighted by atomic mass is 14.7. The number of benzene rings is 1. The molecule has 2 aromatic rings. The first-order chi connectivity index (χ1) is 13.3. The van der Waals surface area contributed by atoms with Gasteiger partial charge in [0.05, 0.1) is 17.3 Å². The molecule has 0 unspecified atom stereocenters. The van der Waals surface area contributed by atoms with Crippen LogP contribution >= 0.6 is 0 Å². The molecule has 1 aliphatic rings. The van der Waals surface area contributed by atoms with Gasteiger partial charge in [-0.2, -0.15) is 5.26 Å². The van der Waals surface area contributed by atoms with Crippen LogP contribution in [0.3, 0.4) is 0 Å². The molecule has 0 bridgehead atoms. The highest BCUT2D eigenvalue weighted by molar-refractivity contribution is 5.60. The van der Waals surface area contributed by atoms with Gasteiger partial charge in [0.2, 0.25) is 0 Å². The van der Waals surface area contributed by atoms with Crippen LogP contribution in [0.4, 0.5) is 0 Å². The summed E-state index contributed by atoms with van der Waals surface area (Å²) in [7, 11) is 0. The van der Waals surface area contributed by atoms with Crippen LogP contribution in [0.25, 0.3) is 11.3 Å². The molecule has 0 N–H and O–H groups in total. The van der Waals surface area contributed by atoms with E-state index in [-0.39, 0.29) is 0 Å². The molecule has 2 nitrogen and oxygen atoms in total. The predicted octanol–water partition coefficient (Wildman–Crippen LogP) is 6.94. The fraction of sp³-hybridized carbons (Fsp3) is 0.520. The quantitative estimate of drug-likeness (QED) is 0.478. The van der Waals surface area contributed by atoms with Crippen LogP contribution in [0.1, 0.15) is 75.8 Å². The lowest BCUT2D eigenvalue weighted by Crippen LogP contribution is -2.15. The zero-order valence-corrected chi connectivity index (χ0v) is 16.7. The SMILES string of the molecule is CCCCC[C@H]1CC[C@H](CCc2ccc(-c3ccc(C#N)cc3)nc2)CC1. The minimum atomic E-state index is 0.690. The summed E-state index contributed by atoms with van der Waals surface area (Å²) in [5.74, 6) is 1.91. The van der Waals surface area contributed by atoms with Crippen LogP contribution < -0.4 is 0 Å². The van der Waals surface area contributed by atoms with Crippen molar-refractivity contribution >= 4 is 0 Å². The molecular formula is C25H32N2. The van der Waals surface area contributed by atoms with Crippen LogP contribution in [0.15, 0.2) is 42.6 Å². The van der Waals surface area contributed by atoms with Gasteiger partial charge in [0.15, 0.2) is 0 Å². The van der Waals surface area contributed by atoms with Crippen LogP contribution in [-0.2, 0) is 6.42 Å². The maximum absolute atomic E-state index is 8.90. The smallest absolute Gasteiger partial charge is 0.0991 e. The highest BCUT2D eigenvalue weighted by Gasteiger charge is 2.20. The standard InChI is InChI=1S/C25H32N2/c1-2-3-4-5-20-6-8-21(9-7-20)10-11-23-14-17-25(27-19-23)24-15-12-22(18-26)13-16-24/h12-17,19-21H,2-11H2,1H3/t20-,21-. The minimum Gasteiger partial charge on any atom is -0.256 e. The fourth-order valence-corrected chi connectivity index (χ4v) is 4.32. The molecule has 2 heteroatoms. The number of hydrogen-bond donors (Lipinski definition) is 0. The predicted molar refractivity (Wildman–Crippen MR) is 112 cm³/mol. The maximum Gasteiger partial charge on any atom is 0.0991 e. The van der Waals surface area contributed by atoms with E-state index in [4.69, 9.17) is 5.26 Å². The number of unbranched alkanes of at least 4 members (excludes halogenated alkanes) is 2. The number of aryl methyl sites for hydroxylation is 1. The average Bonchev–Trinajstić information content (AvgIpc) is 2.74. The van der Waals surface area contributed by atoms with E-state index in [1.165, 1.54) is 63.4 Å². The second-order valence-electron chi connectivity index (χ2n) is 8.16. The van der Waals surface area contributed by atoms with Crippen molar-refractivity contribution in [2.45, 2.75) is 71.1 Å². The molecule has 1 aromatic carbocycles. The van der Waals surface area contributed by atoms with Gasteiger partial charge in [-0.05, 0) is 48.4 Å². The topological polar surface area (TPSA) is 36.7 Å². The number of hydrogen-bond acceptors (Lipinski definition) is 2. The molecule has 1 aromatic heterocycles. The van der Waals surface area contributed by atoms with E-state index in [0.717, 1.165) is 29.5 Å². The van der Waals surface area contributed by atoms with Gasteiger partial charge in [-0.25, -0.2) is 0 Å². The van der Waals surface area contributed by atoms with E-state index in [0.29, 0.717) is 5.56 Å². The second-order valence-corrected chi connectivity index (χ2v) is 8.16. The van der Waals surface area contributed by atoms with Crippen molar-refractivity contribution < 1.29 is 0 Å². The van der Waals surface area contributed by atoms with Gasteiger partial charge in [0.1, 0.15) is 0 Å². The molecule has 142 valence electrons. The van der Waals surface area contributed by atoms with Crippen molar-refractivity contribution in [3.63, 3.8) is 0 Å². The van der Waals surface area contributed by atoms with Crippen LogP contribution in [0.5, 0.6) is 0 Å². The van der Waals surface area contributed by atoms with Gasteiger partial charge in [-0.3, -0.25) is 4.98 Å². The Hall–Kier alpha value is -2.14. The lowest BCUT2D eigenvalue weighted by atomic mass is 9.78. The number of pyridine rings is 1. The van der Waals surface area contributed by atoms with Crippen molar-refractivity contribution in [2.24, 2.45) is 11.8 Å². The minimum absolute atomic E-state index is 0.690. The molecule has 0 radical (unpaired) electrons. The normalized spacial score (nSPS) is 19.6. The fourth-order valence-electron chi connectivity index (χ4n) is 4.32. The molecule has 3 rings (SSSR count). The number of nitriles is 1. The van der Waals surface area contributed by atoms with E-state index < -0.39 is 0 Å². The summed E-state index contributed by atoms with van der Waals surface area (Å²) >= 11 is 0. The number of aromatic nitrogens is 1. The van der Waals surface area contributed by atoms with Gasteiger partial charge in [-0.1, -0.05) is 76.5 Å². The summed E-state index contributed by atoms with van der Waals surface area (Å²) in [5, 5.41) is 8.90. The van der Waals surface area contributed by atoms with Crippen molar-refractivity contribution in [1.82, 2.24) is 4.98 Å². The highest BCUT2D eigenvalue weighted by Crippen LogP contribution is 2.34. The Bertz CT molecular complexity index is 716. The van der Waals surface area contributed by atoms with E-state index in [2.05, 4.69) is 30.1 Å². The molecule has 1 heterocycles. The molecule has 1 fully saturated rings. The van der Waals surface area contributed by atoms with Gasteiger partial charge in [-0.15, -0.1) is 0 Å². The van der Waals surface area contributed by atoms with Gasteiger partial charge < -0.3 is 0 Å². The largest absolute Gasteiger partial charge is 0.256 e. The molecule has 27 heavy (non-hydrogen) atoms. The van der Waals surface area contributed by atoms with Crippen molar-refractivity contribution in [2.75, 3.05) is 0 Å². The Labute approximate surface area is 164 Å². The third kappa shape index (κ3) is 5.93. The Morgan fingerprint density at radius 2 is 1.63 bits per heavy atom. The maximum atomic E-state index is 8.90. The molecule has 1 aliphatic carbocycles. The third-order valence-electron chi connectivity index (χ3n) is 6.16. The van der Waals surface area contributed by atoms with Gasteiger partial charge in [0.25, 0.3) is 0 Å². The molecule has 0 amide bonds. The summed E-state index contributed by atoms with van der Waals surface area (Å²) < 4.78 is 0.